The summed E-state index contributed by atoms with van der Waals surface area (Å²) in [6.07, 6.45) is 0.836. The molecule has 1 aromatic heterocycles. The second-order valence-electron chi connectivity index (χ2n) is 5.41. The maximum absolute atomic E-state index is 12.2. The van der Waals surface area contributed by atoms with Crippen LogP contribution in [-0.2, 0) is 26.1 Å². The highest BCUT2D eigenvalue weighted by molar-refractivity contribution is 5.22. The van der Waals surface area contributed by atoms with Gasteiger partial charge in [-0.2, -0.15) is 0 Å². The van der Waals surface area contributed by atoms with E-state index >= 15 is 0 Å². The second-order valence-corrected chi connectivity index (χ2v) is 5.41. The van der Waals surface area contributed by atoms with Crippen molar-refractivity contribution in [3.8, 4) is 0 Å². The molecule has 0 saturated heterocycles. The Balaban J connectivity index is 1.78. The molecule has 5 heteroatoms. The van der Waals surface area contributed by atoms with E-state index in [2.05, 4.69) is 32.3 Å². The first-order valence-electron chi connectivity index (χ1n) is 7.28. The van der Waals surface area contributed by atoms with Gasteiger partial charge in [0.05, 0.1) is 17.8 Å². The van der Waals surface area contributed by atoms with Crippen molar-refractivity contribution in [2.24, 2.45) is 0 Å². The topological polar surface area (TPSA) is 61.0 Å². The number of aromatic amines is 1. The van der Waals surface area contributed by atoms with Crippen molar-refractivity contribution in [3.05, 3.63) is 63.3 Å². The van der Waals surface area contributed by atoms with Gasteiger partial charge in [0.2, 0.25) is 0 Å². The predicted octanol–water partition coefficient (Wildman–Crippen LogP) is 1.05. The van der Waals surface area contributed by atoms with Gasteiger partial charge in [0.1, 0.15) is 5.82 Å². The van der Waals surface area contributed by atoms with Crippen LogP contribution in [0.2, 0.25) is 0 Å². The normalized spacial score (nSPS) is 14.9. The van der Waals surface area contributed by atoms with Gasteiger partial charge in [-0.15, -0.1) is 0 Å². The molecule has 2 N–H and O–H groups in total. The van der Waals surface area contributed by atoms with Gasteiger partial charge >= 0.3 is 0 Å². The molecule has 0 radical (unpaired) electrons. The lowest BCUT2D eigenvalue weighted by Gasteiger charge is -2.27. The smallest absolute Gasteiger partial charge is 0.255 e. The monoisotopic (exact) mass is 284 g/mol. The fourth-order valence-electron chi connectivity index (χ4n) is 2.76. The lowest BCUT2D eigenvalue weighted by atomic mass is 10.1. The molecule has 0 fully saturated rings. The average Bonchev–Trinajstić information content (AvgIpc) is 2.49. The Bertz CT molecular complexity index is 666. The number of rotatable bonds is 4. The van der Waals surface area contributed by atoms with Crippen LogP contribution in [0.25, 0.3) is 0 Å². The zero-order valence-corrected chi connectivity index (χ0v) is 12.2. The molecule has 3 rings (SSSR count). The quantitative estimate of drug-likeness (QED) is 0.881. The van der Waals surface area contributed by atoms with E-state index in [4.69, 9.17) is 0 Å². The standard InChI is InChI=1S/C16H20N4O/c1-17-9-15-18-14-7-8-20(11-13(14)16(21)19-15)10-12-5-3-2-4-6-12/h2-6,17H,7-11H2,1H3,(H,18,19,21). The molecule has 0 spiro atoms. The molecule has 0 aliphatic carbocycles. The van der Waals surface area contributed by atoms with Crippen molar-refractivity contribution < 1.29 is 0 Å². The summed E-state index contributed by atoms with van der Waals surface area (Å²) < 4.78 is 0. The maximum Gasteiger partial charge on any atom is 0.255 e. The summed E-state index contributed by atoms with van der Waals surface area (Å²) >= 11 is 0. The molecular weight excluding hydrogens is 264 g/mol. The minimum Gasteiger partial charge on any atom is -0.313 e. The van der Waals surface area contributed by atoms with Gasteiger partial charge in [-0.05, 0) is 12.6 Å². The van der Waals surface area contributed by atoms with Crippen molar-refractivity contribution >= 4 is 0 Å². The predicted molar refractivity (Wildman–Crippen MR) is 81.9 cm³/mol. The van der Waals surface area contributed by atoms with Crippen molar-refractivity contribution in [2.45, 2.75) is 26.1 Å². The van der Waals surface area contributed by atoms with E-state index in [9.17, 15) is 4.79 Å². The summed E-state index contributed by atoms with van der Waals surface area (Å²) in [6, 6.07) is 10.4. The molecule has 2 aromatic rings. The van der Waals surface area contributed by atoms with Crippen LogP contribution >= 0.6 is 0 Å². The second kappa shape index (κ2) is 6.20. The third kappa shape index (κ3) is 3.20. The molecule has 0 atom stereocenters. The molecule has 1 aromatic carbocycles. The fraction of sp³-hybridized carbons (Fsp3) is 0.375. The van der Waals surface area contributed by atoms with Crippen LogP contribution in [0, 0.1) is 0 Å². The summed E-state index contributed by atoms with van der Waals surface area (Å²) in [5.41, 5.74) is 3.05. The summed E-state index contributed by atoms with van der Waals surface area (Å²) in [6.45, 7) is 3.08. The lowest BCUT2D eigenvalue weighted by molar-refractivity contribution is 0.241. The van der Waals surface area contributed by atoms with Gasteiger partial charge in [0.15, 0.2) is 0 Å². The first-order valence-corrected chi connectivity index (χ1v) is 7.28. The van der Waals surface area contributed by atoms with E-state index in [-0.39, 0.29) is 5.56 Å². The van der Waals surface area contributed by atoms with Crippen molar-refractivity contribution in [2.75, 3.05) is 13.6 Å². The van der Waals surface area contributed by atoms with Gasteiger partial charge in [-0.25, -0.2) is 4.98 Å². The van der Waals surface area contributed by atoms with E-state index in [1.807, 2.05) is 25.2 Å². The summed E-state index contributed by atoms with van der Waals surface area (Å²) in [5.74, 6) is 0.720. The van der Waals surface area contributed by atoms with Crippen molar-refractivity contribution in [3.63, 3.8) is 0 Å². The zero-order valence-electron chi connectivity index (χ0n) is 12.2. The van der Waals surface area contributed by atoms with Gasteiger partial charge in [0.25, 0.3) is 5.56 Å². The summed E-state index contributed by atoms with van der Waals surface area (Å²) in [5, 5.41) is 3.02. The molecule has 0 bridgehead atoms. The van der Waals surface area contributed by atoms with Crippen LogP contribution in [0.5, 0.6) is 0 Å². The fourth-order valence-corrected chi connectivity index (χ4v) is 2.76. The average molecular weight is 284 g/mol. The van der Waals surface area contributed by atoms with Gasteiger partial charge in [-0.3, -0.25) is 9.69 Å². The Morgan fingerprint density at radius 1 is 1.33 bits per heavy atom. The van der Waals surface area contributed by atoms with Gasteiger partial charge < -0.3 is 10.3 Å². The zero-order chi connectivity index (χ0) is 14.7. The van der Waals surface area contributed by atoms with Crippen LogP contribution in [0.4, 0.5) is 0 Å². The Hall–Kier alpha value is -1.98. The highest BCUT2D eigenvalue weighted by atomic mass is 16.1. The maximum atomic E-state index is 12.2. The van der Waals surface area contributed by atoms with E-state index < -0.39 is 0 Å². The number of H-pyrrole nitrogens is 1. The van der Waals surface area contributed by atoms with Crippen LogP contribution in [0.1, 0.15) is 22.6 Å². The Morgan fingerprint density at radius 3 is 2.90 bits per heavy atom. The van der Waals surface area contributed by atoms with Crippen LogP contribution < -0.4 is 10.9 Å². The minimum atomic E-state index is 0.00279. The Morgan fingerprint density at radius 2 is 2.14 bits per heavy atom. The van der Waals surface area contributed by atoms with E-state index in [0.717, 1.165) is 36.6 Å². The van der Waals surface area contributed by atoms with Gasteiger partial charge in [0, 0.05) is 26.1 Å². The molecule has 0 unspecified atom stereocenters. The minimum absolute atomic E-state index is 0.00279. The molecule has 1 aliphatic heterocycles. The highest BCUT2D eigenvalue weighted by Gasteiger charge is 2.20. The van der Waals surface area contributed by atoms with Crippen molar-refractivity contribution in [1.82, 2.24) is 20.2 Å². The largest absolute Gasteiger partial charge is 0.313 e. The molecule has 0 amide bonds. The first-order chi connectivity index (χ1) is 10.3. The summed E-state index contributed by atoms with van der Waals surface area (Å²) in [4.78, 5) is 21.9. The van der Waals surface area contributed by atoms with E-state index in [0.29, 0.717) is 13.1 Å². The third-order valence-electron chi connectivity index (χ3n) is 3.79. The number of nitrogens with one attached hydrogen (secondary N) is 2. The van der Waals surface area contributed by atoms with Crippen LogP contribution in [0.3, 0.4) is 0 Å². The number of benzene rings is 1. The number of nitrogens with zero attached hydrogens (tertiary/aromatic N) is 2. The molecule has 5 nitrogen and oxygen atoms in total. The number of fused-ring (bicyclic) bond motifs is 1. The number of aromatic nitrogens is 2. The first kappa shape index (κ1) is 14.0. The Labute approximate surface area is 124 Å². The lowest BCUT2D eigenvalue weighted by Crippen LogP contribution is -2.36. The summed E-state index contributed by atoms with van der Waals surface area (Å²) in [7, 11) is 1.85. The van der Waals surface area contributed by atoms with Crippen molar-refractivity contribution in [1.29, 1.82) is 0 Å². The molecule has 21 heavy (non-hydrogen) atoms. The molecule has 2 heterocycles. The third-order valence-corrected chi connectivity index (χ3v) is 3.79. The van der Waals surface area contributed by atoms with Crippen LogP contribution in [-0.4, -0.2) is 28.5 Å². The SMILES string of the molecule is CNCc1nc2c(c(=O)[nH]1)CN(Cc1ccccc1)CC2. The number of hydrogen-bond donors (Lipinski definition) is 2. The molecule has 110 valence electrons. The van der Waals surface area contributed by atoms with Crippen LogP contribution in [0.15, 0.2) is 35.1 Å². The van der Waals surface area contributed by atoms with E-state index in [1.165, 1.54) is 5.56 Å². The highest BCUT2D eigenvalue weighted by Crippen LogP contribution is 2.16. The molecule has 1 aliphatic rings. The molecule has 0 saturated carbocycles. The van der Waals surface area contributed by atoms with Gasteiger partial charge in [-0.1, -0.05) is 30.3 Å². The number of hydrogen-bond acceptors (Lipinski definition) is 4. The molecular formula is C16H20N4O. The van der Waals surface area contributed by atoms with E-state index in [1.54, 1.807) is 0 Å². The Kier molecular flexibility index (Phi) is 4.13.